The summed E-state index contributed by atoms with van der Waals surface area (Å²) in [5, 5.41) is 7.49. The van der Waals surface area contributed by atoms with E-state index in [1.807, 2.05) is 18.2 Å². The van der Waals surface area contributed by atoms with Crippen LogP contribution in [0.15, 0.2) is 54.7 Å². The number of ether oxygens (including phenoxy) is 1. The van der Waals surface area contributed by atoms with Crippen LogP contribution >= 0.6 is 0 Å². The molecule has 4 rings (SSSR count). The SMILES string of the molecule is Cn1nc(-c2ccc(F)cc2)cc1C(=O)NC1CCC(Oc2ccccn2)CC1. The molecule has 0 unspecified atom stereocenters. The van der Waals surface area contributed by atoms with Gasteiger partial charge in [0.1, 0.15) is 17.6 Å². The molecule has 7 heteroatoms. The molecule has 1 aliphatic rings. The number of rotatable bonds is 5. The lowest BCUT2D eigenvalue weighted by Gasteiger charge is -2.29. The van der Waals surface area contributed by atoms with Crippen molar-refractivity contribution in [2.75, 3.05) is 0 Å². The summed E-state index contributed by atoms with van der Waals surface area (Å²) in [6.07, 6.45) is 5.29. The number of aromatic nitrogens is 3. The van der Waals surface area contributed by atoms with Gasteiger partial charge >= 0.3 is 0 Å². The number of amides is 1. The zero-order chi connectivity index (χ0) is 20.2. The van der Waals surface area contributed by atoms with Gasteiger partial charge in [0.05, 0.1) is 5.69 Å². The smallest absolute Gasteiger partial charge is 0.269 e. The summed E-state index contributed by atoms with van der Waals surface area (Å²) in [6.45, 7) is 0. The van der Waals surface area contributed by atoms with E-state index in [1.54, 1.807) is 36.1 Å². The van der Waals surface area contributed by atoms with Crippen LogP contribution in [0.2, 0.25) is 0 Å². The van der Waals surface area contributed by atoms with Crippen molar-refractivity contribution in [2.45, 2.75) is 37.8 Å². The van der Waals surface area contributed by atoms with Crippen molar-refractivity contribution in [3.05, 3.63) is 66.2 Å². The average Bonchev–Trinajstić information content (AvgIpc) is 3.12. The second-order valence-corrected chi connectivity index (χ2v) is 7.28. The van der Waals surface area contributed by atoms with Gasteiger partial charge in [-0.2, -0.15) is 5.10 Å². The molecular formula is C22H23FN4O2. The standard InChI is InChI=1S/C22H23FN4O2/c1-27-20(14-19(26-27)15-5-7-16(23)8-6-15)22(28)25-17-9-11-18(12-10-17)29-21-4-2-3-13-24-21/h2-8,13-14,17-18H,9-12H2,1H3,(H,25,28). The van der Waals surface area contributed by atoms with Crippen molar-refractivity contribution in [2.24, 2.45) is 7.05 Å². The van der Waals surface area contributed by atoms with Gasteiger partial charge in [0.2, 0.25) is 5.88 Å². The molecule has 1 aliphatic carbocycles. The summed E-state index contributed by atoms with van der Waals surface area (Å²) in [6, 6.07) is 13.5. The molecule has 1 N–H and O–H groups in total. The lowest BCUT2D eigenvalue weighted by atomic mass is 9.93. The maximum absolute atomic E-state index is 13.1. The maximum Gasteiger partial charge on any atom is 0.269 e. The number of nitrogens with one attached hydrogen (secondary N) is 1. The first kappa shape index (κ1) is 19.1. The number of nitrogens with zero attached hydrogens (tertiary/aromatic N) is 3. The minimum atomic E-state index is -0.301. The number of pyridine rings is 1. The van der Waals surface area contributed by atoms with Gasteiger partial charge in [0.15, 0.2) is 0 Å². The molecule has 0 atom stereocenters. The Morgan fingerprint density at radius 2 is 1.90 bits per heavy atom. The first-order chi connectivity index (χ1) is 14.1. The highest BCUT2D eigenvalue weighted by Gasteiger charge is 2.25. The number of benzene rings is 1. The van der Waals surface area contributed by atoms with Gasteiger partial charge in [0.25, 0.3) is 5.91 Å². The first-order valence-corrected chi connectivity index (χ1v) is 9.77. The zero-order valence-corrected chi connectivity index (χ0v) is 16.2. The number of halogens is 1. The van der Waals surface area contributed by atoms with Crippen LogP contribution in [0, 0.1) is 5.82 Å². The molecule has 2 aromatic heterocycles. The van der Waals surface area contributed by atoms with E-state index in [0.29, 0.717) is 17.3 Å². The lowest BCUT2D eigenvalue weighted by Crippen LogP contribution is -2.40. The molecular weight excluding hydrogens is 371 g/mol. The predicted octanol–water partition coefficient (Wildman–Crippen LogP) is 3.74. The minimum Gasteiger partial charge on any atom is -0.474 e. The second-order valence-electron chi connectivity index (χ2n) is 7.28. The number of aryl methyl sites for hydroxylation is 1. The Morgan fingerprint density at radius 3 is 2.59 bits per heavy atom. The quantitative estimate of drug-likeness (QED) is 0.716. The van der Waals surface area contributed by atoms with Gasteiger partial charge in [-0.1, -0.05) is 6.07 Å². The largest absolute Gasteiger partial charge is 0.474 e. The molecule has 29 heavy (non-hydrogen) atoms. The molecule has 1 amide bonds. The normalized spacial score (nSPS) is 19.0. The molecule has 2 heterocycles. The fourth-order valence-corrected chi connectivity index (χ4v) is 3.61. The summed E-state index contributed by atoms with van der Waals surface area (Å²) >= 11 is 0. The fourth-order valence-electron chi connectivity index (χ4n) is 3.61. The zero-order valence-electron chi connectivity index (χ0n) is 16.2. The van der Waals surface area contributed by atoms with E-state index in [2.05, 4.69) is 15.4 Å². The summed E-state index contributed by atoms with van der Waals surface area (Å²) < 4.78 is 20.6. The van der Waals surface area contributed by atoms with Gasteiger partial charge in [-0.3, -0.25) is 9.48 Å². The number of hydrogen-bond donors (Lipinski definition) is 1. The van der Waals surface area contributed by atoms with Gasteiger partial charge in [-0.05, 0) is 62.1 Å². The van der Waals surface area contributed by atoms with Gasteiger partial charge in [-0.15, -0.1) is 0 Å². The summed E-state index contributed by atoms with van der Waals surface area (Å²) in [4.78, 5) is 16.9. The van der Waals surface area contributed by atoms with Gasteiger partial charge in [-0.25, -0.2) is 9.37 Å². The Balaban J connectivity index is 1.34. The third-order valence-corrected chi connectivity index (χ3v) is 5.19. The van der Waals surface area contributed by atoms with E-state index in [4.69, 9.17) is 4.74 Å². The maximum atomic E-state index is 13.1. The Morgan fingerprint density at radius 1 is 1.14 bits per heavy atom. The molecule has 0 bridgehead atoms. The third-order valence-electron chi connectivity index (χ3n) is 5.19. The van der Waals surface area contributed by atoms with Crippen LogP contribution in [0.1, 0.15) is 36.2 Å². The highest BCUT2D eigenvalue weighted by Crippen LogP contribution is 2.24. The topological polar surface area (TPSA) is 69.0 Å². The number of carbonyl (C=O) groups excluding carboxylic acids is 1. The van der Waals surface area contributed by atoms with E-state index in [1.165, 1.54) is 12.1 Å². The molecule has 1 fully saturated rings. The highest BCUT2D eigenvalue weighted by atomic mass is 19.1. The van der Waals surface area contributed by atoms with Crippen molar-refractivity contribution in [1.82, 2.24) is 20.1 Å². The second kappa shape index (κ2) is 8.43. The van der Waals surface area contributed by atoms with Crippen LogP contribution in [0.25, 0.3) is 11.3 Å². The molecule has 1 saturated carbocycles. The first-order valence-electron chi connectivity index (χ1n) is 9.77. The molecule has 0 aliphatic heterocycles. The van der Waals surface area contributed by atoms with Crippen LogP contribution in [-0.4, -0.2) is 32.8 Å². The number of hydrogen-bond acceptors (Lipinski definition) is 4. The van der Waals surface area contributed by atoms with Crippen LogP contribution in [0.3, 0.4) is 0 Å². The molecule has 150 valence electrons. The third kappa shape index (κ3) is 4.62. The fraction of sp³-hybridized carbons (Fsp3) is 0.318. The van der Waals surface area contributed by atoms with E-state index in [9.17, 15) is 9.18 Å². The summed E-state index contributed by atoms with van der Waals surface area (Å²) in [7, 11) is 1.74. The number of carbonyl (C=O) groups is 1. The van der Waals surface area contributed by atoms with Crippen molar-refractivity contribution in [3.63, 3.8) is 0 Å². The van der Waals surface area contributed by atoms with Crippen molar-refractivity contribution in [3.8, 4) is 17.1 Å². The van der Waals surface area contributed by atoms with Crippen molar-refractivity contribution < 1.29 is 13.9 Å². The molecule has 0 spiro atoms. The van der Waals surface area contributed by atoms with Crippen LogP contribution in [-0.2, 0) is 7.05 Å². The minimum absolute atomic E-state index is 0.107. The van der Waals surface area contributed by atoms with Crippen LogP contribution in [0.4, 0.5) is 4.39 Å². The van der Waals surface area contributed by atoms with E-state index < -0.39 is 0 Å². The highest BCUT2D eigenvalue weighted by molar-refractivity contribution is 5.93. The summed E-state index contributed by atoms with van der Waals surface area (Å²) in [5.41, 5.74) is 1.90. The molecule has 0 radical (unpaired) electrons. The Kier molecular flexibility index (Phi) is 5.55. The van der Waals surface area contributed by atoms with Gasteiger partial charge in [0, 0.05) is 30.9 Å². The Labute approximate surface area is 168 Å². The Hall–Kier alpha value is -3.22. The van der Waals surface area contributed by atoms with E-state index in [0.717, 1.165) is 31.2 Å². The molecule has 1 aromatic carbocycles. The van der Waals surface area contributed by atoms with Crippen LogP contribution < -0.4 is 10.1 Å². The molecule has 6 nitrogen and oxygen atoms in total. The predicted molar refractivity (Wildman–Crippen MR) is 107 cm³/mol. The summed E-state index contributed by atoms with van der Waals surface area (Å²) in [5.74, 6) is 0.191. The van der Waals surface area contributed by atoms with E-state index in [-0.39, 0.29) is 23.9 Å². The monoisotopic (exact) mass is 394 g/mol. The van der Waals surface area contributed by atoms with Crippen molar-refractivity contribution in [1.29, 1.82) is 0 Å². The van der Waals surface area contributed by atoms with E-state index >= 15 is 0 Å². The lowest BCUT2D eigenvalue weighted by molar-refractivity contribution is 0.0881. The van der Waals surface area contributed by atoms with Crippen molar-refractivity contribution >= 4 is 5.91 Å². The molecule has 3 aromatic rings. The van der Waals surface area contributed by atoms with Crippen LogP contribution in [0.5, 0.6) is 5.88 Å². The average molecular weight is 394 g/mol. The Bertz CT molecular complexity index is 964. The van der Waals surface area contributed by atoms with Gasteiger partial charge < -0.3 is 10.1 Å². The molecule has 0 saturated heterocycles.